The van der Waals surface area contributed by atoms with Gasteiger partial charge in [0.25, 0.3) is 5.91 Å². The summed E-state index contributed by atoms with van der Waals surface area (Å²) in [4.78, 5) is 24.4. The summed E-state index contributed by atoms with van der Waals surface area (Å²) in [5.74, 6) is -0.880. The Morgan fingerprint density at radius 2 is 1.68 bits per heavy atom. The smallest absolute Gasteiger partial charge is 0.340 e. The van der Waals surface area contributed by atoms with Crippen LogP contribution in [0.2, 0.25) is 15.1 Å². The quantitative estimate of drug-likeness (QED) is 0.727. The van der Waals surface area contributed by atoms with Crippen LogP contribution in [0.1, 0.15) is 17.3 Å². The predicted molar refractivity (Wildman–Crippen MR) is 98.0 cm³/mol. The molecule has 5 nitrogen and oxygen atoms in total. The van der Waals surface area contributed by atoms with Gasteiger partial charge in [-0.1, -0.05) is 34.8 Å². The number of benzene rings is 2. The fourth-order valence-electron chi connectivity index (χ4n) is 1.94. The molecule has 0 bridgehead atoms. The van der Waals surface area contributed by atoms with E-state index in [2.05, 4.69) is 5.32 Å². The molecule has 0 heterocycles. The number of methoxy groups -OCH3 is 1. The van der Waals surface area contributed by atoms with E-state index in [9.17, 15) is 9.59 Å². The van der Waals surface area contributed by atoms with E-state index in [4.69, 9.17) is 44.3 Å². The third kappa shape index (κ3) is 5.01. The first-order valence-corrected chi connectivity index (χ1v) is 8.25. The van der Waals surface area contributed by atoms with Gasteiger partial charge in [-0.15, -0.1) is 0 Å². The lowest BCUT2D eigenvalue weighted by Gasteiger charge is -2.16. The molecular formula is C17H14Cl3NO4. The van der Waals surface area contributed by atoms with Gasteiger partial charge in [0.05, 0.1) is 23.4 Å². The van der Waals surface area contributed by atoms with Crippen LogP contribution in [0.3, 0.4) is 0 Å². The SMILES string of the molecule is COc1ccc(Cl)cc1NC(=O)[C@H](C)OC(=O)c1cc(Cl)ccc1Cl. The summed E-state index contributed by atoms with van der Waals surface area (Å²) in [5.41, 5.74) is 0.442. The molecule has 0 fully saturated rings. The first kappa shape index (κ1) is 19.4. The minimum Gasteiger partial charge on any atom is -0.495 e. The van der Waals surface area contributed by atoms with Crippen molar-refractivity contribution in [3.05, 3.63) is 57.0 Å². The maximum atomic E-state index is 12.3. The first-order chi connectivity index (χ1) is 11.8. The molecule has 2 aromatic carbocycles. The molecule has 0 aliphatic carbocycles. The van der Waals surface area contributed by atoms with Crippen LogP contribution in [0.25, 0.3) is 0 Å². The number of carbonyl (C=O) groups excluding carboxylic acids is 2. The van der Waals surface area contributed by atoms with E-state index in [1.165, 1.54) is 32.2 Å². The van der Waals surface area contributed by atoms with Crippen LogP contribution >= 0.6 is 34.8 Å². The van der Waals surface area contributed by atoms with Gasteiger partial charge in [-0.05, 0) is 43.3 Å². The normalized spacial score (nSPS) is 11.6. The predicted octanol–water partition coefficient (Wildman–Crippen LogP) is 4.84. The summed E-state index contributed by atoms with van der Waals surface area (Å²) in [6, 6.07) is 9.16. The Hall–Kier alpha value is -1.95. The second-order valence-electron chi connectivity index (χ2n) is 5.01. The van der Waals surface area contributed by atoms with Crippen LogP contribution in [-0.2, 0) is 9.53 Å². The van der Waals surface area contributed by atoms with Gasteiger partial charge in [-0.25, -0.2) is 4.79 Å². The molecule has 2 aromatic rings. The topological polar surface area (TPSA) is 64.6 Å². The van der Waals surface area contributed by atoms with Crippen molar-refractivity contribution >= 4 is 52.4 Å². The summed E-state index contributed by atoms with van der Waals surface area (Å²) in [5, 5.41) is 3.53. The molecule has 0 radical (unpaired) electrons. The van der Waals surface area contributed by atoms with Gasteiger partial charge in [0.1, 0.15) is 5.75 Å². The molecule has 0 saturated carbocycles. The third-order valence-electron chi connectivity index (χ3n) is 3.22. The third-order valence-corrected chi connectivity index (χ3v) is 4.02. The molecule has 1 N–H and O–H groups in total. The number of ether oxygens (including phenoxy) is 2. The molecule has 0 unspecified atom stereocenters. The summed E-state index contributed by atoms with van der Waals surface area (Å²) >= 11 is 17.7. The number of hydrogen-bond acceptors (Lipinski definition) is 4. The van der Waals surface area contributed by atoms with E-state index in [-0.39, 0.29) is 10.6 Å². The molecular weight excluding hydrogens is 389 g/mol. The van der Waals surface area contributed by atoms with Crippen LogP contribution in [0, 0.1) is 0 Å². The molecule has 25 heavy (non-hydrogen) atoms. The van der Waals surface area contributed by atoms with Crippen LogP contribution in [0.4, 0.5) is 5.69 Å². The fourth-order valence-corrected chi connectivity index (χ4v) is 2.48. The van der Waals surface area contributed by atoms with Crippen molar-refractivity contribution in [1.29, 1.82) is 0 Å². The summed E-state index contributed by atoms with van der Waals surface area (Å²) in [6.45, 7) is 1.43. The van der Waals surface area contributed by atoms with Crippen LogP contribution in [-0.4, -0.2) is 25.1 Å². The van der Waals surface area contributed by atoms with E-state index in [0.717, 1.165) is 0 Å². The zero-order valence-electron chi connectivity index (χ0n) is 13.3. The van der Waals surface area contributed by atoms with E-state index in [0.29, 0.717) is 21.5 Å². The maximum Gasteiger partial charge on any atom is 0.340 e. The van der Waals surface area contributed by atoms with Crippen LogP contribution in [0.15, 0.2) is 36.4 Å². The minimum absolute atomic E-state index is 0.0779. The number of rotatable bonds is 5. The van der Waals surface area contributed by atoms with Crippen molar-refractivity contribution in [3.8, 4) is 5.75 Å². The van der Waals surface area contributed by atoms with Crippen molar-refractivity contribution in [2.24, 2.45) is 0 Å². The lowest BCUT2D eigenvalue weighted by Crippen LogP contribution is -2.30. The Labute approximate surface area is 159 Å². The molecule has 0 aliphatic heterocycles. The second kappa shape index (κ2) is 8.43. The van der Waals surface area contributed by atoms with Crippen LogP contribution in [0.5, 0.6) is 5.75 Å². The molecule has 0 aliphatic rings. The number of esters is 1. The number of nitrogens with one attached hydrogen (secondary N) is 1. The highest BCUT2D eigenvalue weighted by Gasteiger charge is 2.22. The molecule has 1 amide bonds. The van der Waals surface area contributed by atoms with Crippen molar-refractivity contribution < 1.29 is 19.1 Å². The first-order valence-electron chi connectivity index (χ1n) is 7.12. The molecule has 0 aromatic heterocycles. The maximum absolute atomic E-state index is 12.3. The van der Waals surface area contributed by atoms with E-state index in [1.54, 1.807) is 18.2 Å². The average molecular weight is 403 g/mol. The highest BCUT2D eigenvalue weighted by Crippen LogP contribution is 2.28. The number of carbonyl (C=O) groups is 2. The summed E-state index contributed by atoms with van der Waals surface area (Å²) < 4.78 is 10.3. The van der Waals surface area contributed by atoms with Gasteiger partial charge >= 0.3 is 5.97 Å². The number of anilines is 1. The van der Waals surface area contributed by atoms with Gasteiger partial charge in [-0.2, -0.15) is 0 Å². The van der Waals surface area contributed by atoms with Gasteiger partial charge in [0.15, 0.2) is 6.10 Å². The molecule has 0 saturated heterocycles. The molecule has 8 heteroatoms. The number of halogens is 3. The average Bonchev–Trinajstić information content (AvgIpc) is 2.57. The molecule has 0 spiro atoms. The van der Waals surface area contributed by atoms with Crippen molar-refractivity contribution in [3.63, 3.8) is 0 Å². The van der Waals surface area contributed by atoms with E-state index < -0.39 is 18.0 Å². The summed E-state index contributed by atoms with van der Waals surface area (Å²) in [6.07, 6.45) is -1.08. The zero-order valence-corrected chi connectivity index (χ0v) is 15.6. The lowest BCUT2D eigenvalue weighted by molar-refractivity contribution is -0.123. The molecule has 1 atom stereocenters. The highest BCUT2D eigenvalue weighted by molar-refractivity contribution is 6.35. The van der Waals surface area contributed by atoms with Gasteiger partial charge in [-0.3, -0.25) is 4.79 Å². The van der Waals surface area contributed by atoms with Crippen molar-refractivity contribution in [1.82, 2.24) is 0 Å². The second-order valence-corrected chi connectivity index (χ2v) is 6.29. The molecule has 2 rings (SSSR count). The Kier molecular flexibility index (Phi) is 6.53. The standard InChI is InChI=1S/C17H14Cl3NO4/c1-9(25-17(23)12-7-10(18)3-5-13(12)20)16(22)21-14-8-11(19)4-6-15(14)24-2/h3-9H,1-2H3,(H,21,22)/t9-/m0/s1. The van der Waals surface area contributed by atoms with E-state index in [1.807, 2.05) is 0 Å². The monoisotopic (exact) mass is 401 g/mol. The van der Waals surface area contributed by atoms with Crippen molar-refractivity contribution in [2.45, 2.75) is 13.0 Å². The van der Waals surface area contributed by atoms with Gasteiger partial charge < -0.3 is 14.8 Å². The Balaban J connectivity index is 2.09. The summed E-state index contributed by atoms with van der Waals surface area (Å²) in [7, 11) is 1.46. The number of amides is 1. The van der Waals surface area contributed by atoms with Crippen LogP contribution < -0.4 is 10.1 Å². The fraction of sp³-hybridized carbons (Fsp3) is 0.176. The lowest BCUT2D eigenvalue weighted by atomic mass is 10.2. The molecule has 132 valence electrons. The largest absolute Gasteiger partial charge is 0.495 e. The highest BCUT2D eigenvalue weighted by atomic mass is 35.5. The van der Waals surface area contributed by atoms with E-state index >= 15 is 0 Å². The van der Waals surface area contributed by atoms with Crippen molar-refractivity contribution in [2.75, 3.05) is 12.4 Å². The minimum atomic E-state index is -1.08. The Morgan fingerprint density at radius 1 is 1.04 bits per heavy atom. The number of hydrogen-bond donors (Lipinski definition) is 1. The Bertz CT molecular complexity index is 810. The van der Waals surface area contributed by atoms with Gasteiger partial charge in [0, 0.05) is 10.0 Å². The zero-order chi connectivity index (χ0) is 18.6. The Morgan fingerprint density at radius 3 is 2.36 bits per heavy atom. The van der Waals surface area contributed by atoms with Gasteiger partial charge in [0.2, 0.25) is 0 Å².